The number of ether oxygens (including phenoxy) is 1. The molecular weight excluding hydrogens is 226 g/mol. The van der Waals surface area contributed by atoms with Crippen LogP contribution < -0.4 is 4.90 Å². The second-order valence-electron chi connectivity index (χ2n) is 5.75. The SMILES string of the molecule is CCOC(=O)[C@@H]1[C@H](C(C)(C)C)N1c1ccccc1. The van der Waals surface area contributed by atoms with E-state index in [1.165, 1.54) is 0 Å². The lowest BCUT2D eigenvalue weighted by Gasteiger charge is -2.18. The lowest BCUT2D eigenvalue weighted by Crippen LogP contribution is -2.22. The van der Waals surface area contributed by atoms with Crippen LogP contribution in [0.3, 0.4) is 0 Å². The molecule has 3 heteroatoms. The average molecular weight is 247 g/mol. The zero-order chi connectivity index (χ0) is 13.3. The van der Waals surface area contributed by atoms with Crippen molar-refractivity contribution in [1.82, 2.24) is 0 Å². The fraction of sp³-hybridized carbons (Fsp3) is 0.533. The topological polar surface area (TPSA) is 29.3 Å². The molecule has 1 aromatic rings. The normalized spacial score (nSPS) is 22.8. The van der Waals surface area contributed by atoms with Gasteiger partial charge in [-0.15, -0.1) is 0 Å². The summed E-state index contributed by atoms with van der Waals surface area (Å²) in [6.07, 6.45) is 0. The monoisotopic (exact) mass is 247 g/mol. The molecule has 2 rings (SSSR count). The highest BCUT2D eigenvalue weighted by Gasteiger charge is 2.58. The second kappa shape index (κ2) is 4.63. The van der Waals surface area contributed by atoms with Crippen LogP contribution in [0.15, 0.2) is 30.3 Å². The van der Waals surface area contributed by atoms with Crippen molar-refractivity contribution in [3.05, 3.63) is 30.3 Å². The maximum Gasteiger partial charge on any atom is 0.330 e. The van der Waals surface area contributed by atoms with Crippen molar-refractivity contribution in [3.63, 3.8) is 0 Å². The first kappa shape index (κ1) is 12.9. The highest BCUT2D eigenvalue weighted by molar-refractivity contribution is 5.88. The Kier molecular flexibility index (Phi) is 3.33. The number of esters is 1. The van der Waals surface area contributed by atoms with E-state index in [1.807, 2.05) is 37.3 Å². The van der Waals surface area contributed by atoms with Crippen molar-refractivity contribution < 1.29 is 9.53 Å². The summed E-state index contributed by atoms with van der Waals surface area (Å²) in [5.74, 6) is -0.110. The van der Waals surface area contributed by atoms with Gasteiger partial charge in [0.05, 0.1) is 12.6 Å². The molecule has 0 amide bonds. The van der Waals surface area contributed by atoms with Crippen molar-refractivity contribution in [2.24, 2.45) is 5.41 Å². The van der Waals surface area contributed by atoms with Crippen LogP contribution in [0.25, 0.3) is 0 Å². The van der Waals surface area contributed by atoms with E-state index in [9.17, 15) is 4.79 Å². The molecule has 0 saturated carbocycles. The minimum atomic E-state index is -0.132. The van der Waals surface area contributed by atoms with Gasteiger partial charge in [0.1, 0.15) is 6.04 Å². The van der Waals surface area contributed by atoms with E-state index in [0.29, 0.717) is 6.61 Å². The first-order valence-electron chi connectivity index (χ1n) is 6.47. The van der Waals surface area contributed by atoms with Gasteiger partial charge < -0.3 is 9.64 Å². The van der Waals surface area contributed by atoms with Gasteiger partial charge in [-0.2, -0.15) is 0 Å². The zero-order valence-electron chi connectivity index (χ0n) is 11.5. The van der Waals surface area contributed by atoms with Gasteiger partial charge in [-0.1, -0.05) is 39.0 Å². The summed E-state index contributed by atoms with van der Waals surface area (Å²) in [5, 5.41) is 0. The van der Waals surface area contributed by atoms with Crippen LogP contribution in [-0.4, -0.2) is 24.7 Å². The van der Waals surface area contributed by atoms with Gasteiger partial charge in [-0.25, -0.2) is 4.79 Å². The van der Waals surface area contributed by atoms with E-state index in [0.717, 1.165) is 5.69 Å². The van der Waals surface area contributed by atoms with Crippen molar-refractivity contribution >= 4 is 11.7 Å². The molecule has 1 heterocycles. The molecule has 0 spiro atoms. The summed E-state index contributed by atoms with van der Waals surface area (Å²) < 4.78 is 5.16. The molecule has 1 aliphatic rings. The van der Waals surface area contributed by atoms with Gasteiger partial charge in [0.25, 0.3) is 0 Å². The third kappa shape index (κ3) is 2.35. The van der Waals surface area contributed by atoms with E-state index in [1.54, 1.807) is 0 Å². The average Bonchev–Trinajstić information content (AvgIpc) is 3.05. The summed E-state index contributed by atoms with van der Waals surface area (Å²) in [5.41, 5.74) is 1.16. The minimum absolute atomic E-state index is 0.0628. The van der Waals surface area contributed by atoms with Crippen LogP contribution >= 0.6 is 0 Å². The van der Waals surface area contributed by atoms with Crippen LogP contribution in [-0.2, 0) is 9.53 Å². The maximum atomic E-state index is 12.0. The first-order valence-corrected chi connectivity index (χ1v) is 6.47. The highest BCUT2D eigenvalue weighted by atomic mass is 16.5. The molecule has 0 radical (unpaired) electrons. The fourth-order valence-electron chi connectivity index (χ4n) is 2.51. The van der Waals surface area contributed by atoms with Gasteiger partial charge in [0.2, 0.25) is 0 Å². The van der Waals surface area contributed by atoms with Crippen LogP contribution in [0, 0.1) is 5.41 Å². The number of para-hydroxylation sites is 1. The third-order valence-corrected chi connectivity index (χ3v) is 3.28. The molecule has 1 aromatic carbocycles. The molecule has 1 fully saturated rings. The van der Waals surface area contributed by atoms with Gasteiger partial charge in [-0.3, -0.25) is 0 Å². The summed E-state index contributed by atoms with van der Waals surface area (Å²) in [6.45, 7) is 8.76. The Labute approximate surface area is 109 Å². The van der Waals surface area contributed by atoms with Gasteiger partial charge in [0, 0.05) is 5.69 Å². The quantitative estimate of drug-likeness (QED) is 0.607. The van der Waals surface area contributed by atoms with Crippen LogP contribution in [0.2, 0.25) is 0 Å². The van der Waals surface area contributed by atoms with E-state index < -0.39 is 0 Å². The van der Waals surface area contributed by atoms with Gasteiger partial charge in [0.15, 0.2) is 0 Å². The van der Waals surface area contributed by atoms with Crippen LogP contribution in [0.5, 0.6) is 0 Å². The lowest BCUT2D eigenvalue weighted by atomic mass is 9.90. The smallest absolute Gasteiger partial charge is 0.330 e. The van der Waals surface area contributed by atoms with Crippen LogP contribution in [0.1, 0.15) is 27.7 Å². The molecule has 18 heavy (non-hydrogen) atoms. The van der Waals surface area contributed by atoms with Crippen molar-refractivity contribution in [2.75, 3.05) is 11.5 Å². The molecular formula is C15H21NO2. The summed E-state index contributed by atoms with van der Waals surface area (Å²) in [4.78, 5) is 14.1. The zero-order valence-corrected chi connectivity index (χ0v) is 11.5. The number of rotatable bonds is 3. The van der Waals surface area contributed by atoms with Crippen molar-refractivity contribution in [1.29, 1.82) is 0 Å². The Hall–Kier alpha value is -1.51. The molecule has 3 nitrogen and oxygen atoms in total. The predicted octanol–water partition coefficient (Wildman–Crippen LogP) is 2.85. The Morgan fingerprint density at radius 1 is 1.28 bits per heavy atom. The summed E-state index contributed by atoms with van der Waals surface area (Å²) >= 11 is 0. The summed E-state index contributed by atoms with van der Waals surface area (Å²) in [7, 11) is 0. The molecule has 0 N–H and O–H groups in total. The van der Waals surface area contributed by atoms with Crippen LogP contribution in [0.4, 0.5) is 5.69 Å². The molecule has 1 aliphatic heterocycles. The van der Waals surface area contributed by atoms with E-state index in [4.69, 9.17) is 4.74 Å². The van der Waals surface area contributed by atoms with Gasteiger partial charge in [-0.05, 0) is 24.5 Å². The van der Waals surface area contributed by atoms with Crippen molar-refractivity contribution in [3.8, 4) is 0 Å². The largest absolute Gasteiger partial charge is 0.464 e. The predicted molar refractivity (Wildman–Crippen MR) is 72.6 cm³/mol. The Morgan fingerprint density at radius 3 is 2.39 bits per heavy atom. The Morgan fingerprint density at radius 2 is 1.89 bits per heavy atom. The molecule has 0 aliphatic carbocycles. The minimum Gasteiger partial charge on any atom is -0.464 e. The number of anilines is 1. The second-order valence-corrected chi connectivity index (χ2v) is 5.75. The Bertz CT molecular complexity index is 422. The standard InChI is InChI=1S/C15H21NO2/c1-5-18-14(17)12-13(15(2,3)4)16(12)11-9-7-6-8-10-11/h6-10,12-13H,5H2,1-4H3/t12-,13+,16?/m0/s1. The van der Waals surface area contributed by atoms with E-state index in [2.05, 4.69) is 25.7 Å². The molecule has 98 valence electrons. The number of hydrogen-bond donors (Lipinski definition) is 0. The van der Waals surface area contributed by atoms with Gasteiger partial charge >= 0.3 is 5.97 Å². The molecule has 0 bridgehead atoms. The van der Waals surface area contributed by atoms with E-state index in [-0.39, 0.29) is 23.5 Å². The number of hydrogen-bond acceptors (Lipinski definition) is 3. The lowest BCUT2D eigenvalue weighted by molar-refractivity contribution is -0.142. The van der Waals surface area contributed by atoms with Crippen molar-refractivity contribution in [2.45, 2.75) is 39.8 Å². The molecule has 0 aromatic heterocycles. The molecule has 2 atom stereocenters. The maximum absolute atomic E-state index is 12.0. The molecule has 1 saturated heterocycles. The number of nitrogens with zero attached hydrogens (tertiary/aromatic N) is 1. The Balaban J connectivity index is 2.21. The number of benzene rings is 1. The number of carbonyl (C=O) groups is 1. The van der Waals surface area contributed by atoms with E-state index >= 15 is 0 Å². The third-order valence-electron chi connectivity index (χ3n) is 3.28. The fourth-order valence-corrected chi connectivity index (χ4v) is 2.51. The highest BCUT2D eigenvalue weighted by Crippen LogP contribution is 2.45. The first-order chi connectivity index (χ1) is 8.46. The molecule has 0 unspecified atom stereocenters. The number of carbonyl (C=O) groups excluding carboxylic acids is 1. The summed E-state index contributed by atoms with van der Waals surface area (Å²) in [6, 6.07) is 10.1.